The van der Waals surface area contributed by atoms with Crippen LogP contribution in [0.25, 0.3) is 0 Å². The second-order valence-corrected chi connectivity index (χ2v) is 6.51. The molecule has 1 aromatic rings. The summed E-state index contributed by atoms with van der Waals surface area (Å²) in [5, 5.41) is 0.0362. The highest BCUT2D eigenvalue weighted by Gasteiger charge is 2.13. The van der Waals surface area contributed by atoms with Crippen molar-refractivity contribution in [3.8, 4) is 0 Å². The lowest BCUT2D eigenvalue weighted by Gasteiger charge is -2.14. The minimum atomic E-state index is -3.10. The van der Waals surface area contributed by atoms with Gasteiger partial charge >= 0.3 is 0 Å². The highest BCUT2D eigenvalue weighted by atomic mass is 35.5. The standard InChI is InChI=1S/C11H15ClO2S/c1-8(9(2)12)10-4-6-11(7-5-10)15(3,13)14/h4-9H,1-3H3. The lowest BCUT2D eigenvalue weighted by atomic mass is 9.99. The molecule has 4 heteroatoms. The van der Waals surface area contributed by atoms with E-state index in [1.807, 2.05) is 26.0 Å². The van der Waals surface area contributed by atoms with Crippen molar-refractivity contribution in [2.45, 2.75) is 30.0 Å². The Morgan fingerprint density at radius 3 is 1.93 bits per heavy atom. The summed E-state index contributed by atoms with van der Waals surface area (Å²) in [6.45, 7) is 3.95. The van der Waals surface area contributed by atoms with Gasteiger partial charge < -0.3 is 0 Å². The van der Waals surface area contributed by atoms with E-state index in [4.69, 9.17) is 11.6 Å². The summed E-state index contributed by atoms with van der Waals surface area (Å²) in [5.74, 6) is 0.222. The molecule has 15 heavy (non-hydrogen) atoms. The van der Waals surface area contributed by atoms with Crippen molar-refractivity contribution in [3.63, 3.8) is 0 Å². The van der Waals surface area contributed by atoms with Crippen LogP contribution in [0, 0.1) is 0 Å². The van der Waals surface area contributed by atoms with Crippen LogP contribution < -0.4 is 0 Å². The SMILES string of the molecule is CC(Cl)C(C)c1ccc(S(C)(=O)=O)cc1. The minimum absolute atomic E-state index is 0.0362. The summed E-state index contributed by atoms with van der Waals surface area (Å²) in [6.07, 6.45) is 1.20. The molecule has 0 heterocycles. The molecule has 0 aliphatic carbocycles. The molecule has 1 aromatic carbocycles. The molecular weight excluding hydrogens is 232 g/mol. The van der Waals surface area contributed by atoms with Crippen molar-refractivity contribution < 1.29 is 8.42 Å². The topological polar surface area (TPSA) is 34.1 Å². The van der Waals surface area contributed by atoms with E-state index in [1.54, 1.807) is 12.1 Å². The van der Waals surface area contributed by atoms with Gasteiger partial charge in [-0.15, -0.1) is 11.6 Å². The highest BCUT2D eigenvalue weighted by Crippen LogP contribution is 2.23. The van der Waals surface area contributed by atoms with Crippen molar-refractivity contribution in [3.05, 3.63) is 29.8 Å². The Morgan fingerprint density at radius 2 is 1.60 bits per heavy atom. The van der Waals surface area contributed by atoms with Gasteiger partial charge in [-0.1, -0.05) is 19.1 Å². The fourth-order valence-corrected chi connectivity index (χ4v) is 2.06. The van der Waals surface area contributed by atoms with E-state index in [-0.39, 0.29) is 11.3 Å². The van der Waals surface area contributed by atoms with E-state index in [0.29, 0.717) is 4.90 Å². The third-order valence-electron chi connectivity index (χ3n) is 2.52. The molecule has 0 N–H and O–H groups in total. The number of alkyl halides is 1. The van der Waals surface area contributed by atoms with E-state index in [0.717, 1.165) is 5.56 Å². The van der Waals surface area contributed by atoms with Crippen LogP contribution in [-0.2, 0) is 9.84 Å². The number of halogens is 1. The van der Waals surface area contributed by atoms with E-state index >= 15 is 0 Å². The average Bonchev–Trinajstić information content (AvgIpc) is 2.15. The lowest BCUT2D eigenvalue weighted by molar-refractivity contribution is 0.601. The molecular formula is C11H15ClO2S. The Labute approximate surface area is 96.2 Å². The van der Waals surface area contributed by atoms with Crippen LogP contribution in [0.5, 0.6) is 0 Å². The molecule has 0 saturated carbocycles. The monoisotopic (exact) mass is 246 g/mol. The van der Waals surface area contributed by atoms with Crippen molar-refractivity contribution in [2.24, 2.45) is 0 Å². The average molecular weight is 247 g/mol. The van der Waals surface area contributed by atoms with Gasteiger partial charge in [0.05, 0.1) is 4.90 Å². The maximum Gasteiger partial charge on any atom is 0.175 e. The van der Waals surface area contributed by atoms with Gasteiger partial charge in [0.1, 0.15) is 0 Å². The maximum absolute atomic E-state index is 11.2. The van der Waals surface area contributed by atoms with E-state index in [9.17, 15) is 8.42 Å². The zero-order chi connectivity index (χ0) is 11.6. The molecule has 2 nitrogen and oxygen atoms in total. The number of hydrogen-bond acceptors (Lipinski definition) is 2. The van der Waals surface area contributed by atoms with Crippen LogP contribution in [0.4, 0.5) is 0 Å². The molecule has 0 fully saturated rings. The number of benzene rings is 1. The first-order valence-electron chi connectivity index (χ1n) is 4.76. The summed E-state index contributed by atoms with van der Waals surface area (Å²) in [4.78, 5) is 0.348. The van der Waals surface area contributed by atoms with Gasteiger partial charge in [-0.25, -0.2) is 8.42 Å². The zero-order valence-corrected chi connectivity index (χ0v) is 10.6. The highest BCUT2D eigenvalue weighted by molar-refractivity contribution is 7.90. The summed E-state index contributed by atoms with van der Waals surface area (Å²) in [7, 11) is -3.10. The van der Waals surface area contributed by atoms with Crippen molar-refractivity contribution in [1.82, 2.24) is 0 Å². The third-order valence-corrected chi connectivity index (χ3v) is 4.03. The Morgan fingerprint density at radius 1 is 1.13 bits per heavy atom. The molecule has 1 rings (SSSR count). The summed E-state index contributed by atoms with van der Waals surface area (Å²) in [6, 6.07) is 6.89. The van der Waals surface area contributed by atoms with Gasteiger partial charge in [-0.3, -0.25) is 0 Å². The Bertz CT molecular complexity index is 420. The zero-order valence-electron chi connectivity index (χ0n) is 9.07. The molecule has 0 saturated heterocycles. The van der Waals surface area contributed by atoms with E-state index < -0.39 is 9.84 Å². The first-order chi connectivity index (χ1) is 6.82. The largest absolute Gasteiger partial charge is 0.224 e. The summed E-state index contributed by atoms with van der Waals surface area (Å²) in [5.41, 5.74) is 1.06. The molecule has 0 aliphatic rings. The normalized spacial score (nSPS) is 16.0. The van der Waals surface area contributed by atoms with Gasteiger partial charge in [0.25, 0.3) is 0 Å². The van der Waals surface area contributed by atoms with Crippen molar-refractivity contribution in [2.75, 3.05) is 6.26 Å². The fraction of sp³-hybridized carbons (Fsp3) is 0.455. The van der Waals surface area contributed by atoms with Gasteiger partial charge in [0.2, 0.25) is 0 Å². The molecule has 2 unspecified atom stereocenters. The predicted octanol–water partition coefficient (Wildman–Crippen LogP) is 2.82. The summed E-state index contributed by atoms with van der Waals surface area (Å²) >= 11 is 5.97. The lowest BCUT2D eigenvalue weighted by Crippen LogP contribution is -2.05. The van der Waals surface area contributed by atoms with Gasteiger partial charge in [-0.2, -0.15) is 0 Å². The molecule has 0 spiro atoms. The van der Waals surface area contributed by atoms with Crippen LogP contribution in [0.2, 0.25) is 0 Å². The molecule has 0 aliphatic heterocycles. The predicted molar refractivity (Wildman–Crippen MR) is 63.3 cm³/mol. The van der Waals surface area contributed by atoms with Crippen molar-refractivity contribution >= 4 is 21.4 Å². The fourth-order valence-electron chi connectivity index (χ4n) is 1.28. The summed E-state index contributed by atoms with van der Waals surface area (Å²) < 4.78 is 22.4. The van der Waals surface area contributed by atoms with Crippen molar-refractivity contribution in [1.29, 1.82) is 0 Å². The van der Waals surface area contributed by atoms with Crippen LogP contribution in [0.1, 0.15) is 25.3 Å². The van der Waals surface area contributed by atoms with E-state index in [1.165, 1.54) is 6.26 Å². The van der Waals surface area contributed by atoms with E-state index in [2.05, 4.69) is 0 Å². The number of rotatable bonds is 3. The number of sulfone groups is 1. The maximum atomic E-state index is 11.2. The smallest absolute Gasteiger partial charge is 0.175 e. The van der Waals surface area contributed by atoms with Gasteiger partial charge in [0, 0.05) is 11.6 Å². The molecule has 0 aromatic heterocycles. The minimum Gasteiger partial charge on any atom is -0.224 e. The van der Waals surface area contributed by atoms with Crippen LogP contribution in [0.15, 0.2) is 29.2 Å². The Kier molecular flexibility index (Phi) is 3.79. The molecule has 84 valence electrons. The Balaban J connectivity index is 3.01. The van der Waals surface area contributed by atoms with Crippen LogP contribution in [0.3, 0.4) is 0 Å². The second kappa shape index (κ2) is 4.54. The third kappa shape index (κ3) is 3.21. The first kappa shape index (κ1) is 12.5. The quantitative estimate of drug-likeness (QED) is 0.769. The van der Waals surface area contributed by atoms with Gasteiger partial charge in [-0.05, 0) is 30.5 Å². The van der Waals surface area contributed by atoms with Crippen LogP contribution >= 0.6 is 11.6 Å². The Hall–Kier alpha value is -0.540. The molecule has 0 radical (unpaired) electrons. The number of hydrogen-bond donors (Lipinski definition) is 0. The molecule has 0 bridgehead atoms. The van der Waals surface area contributed by atoms with Gasteiger partial charge in [0.15, 0.2) is 9.84 Å². The molecule has 2 atom stereocenters. The molecule has 0 amide bonds. The second-order valence-electron chi connectivity index (χ2n) is 3.81. The first-order valence-corrected chi connectivity index (χ1v) is 7.09. The van der Waals surface area contributed by atoms with Crippen LogP contribution in [-0.4, -0.2) is 20.1 Å².